The minimum Gasteiger partial charge on any atom is -0.493 e. The van der Waals surface area contributed by atoms with Gasteiger partial charge in [-0.05, 0) is 29.3 Å². The largest absolute Gasteiger partial charge is 0.493 e. The van der Waals surface area contributed by atoms with Crippen molar-refractivity contribution in [3.63, 3.8) is 0 Å². The van der Waals surface area contributed by atoms with Crippen molar-refractivity contribution in [3.8, 4) is 11.5 Å². The van der Waals surface area contributed by atoms with Crippen LogP contribution in [0.1, 0.15) is 22.8 Å². The van der Waals surface area contributed by atoms with Crippen LogP contribution >= 0.6 is 0 Å². The zero-order valence-corrected chi connectivity index (χ0v) is 14.7. The van der Waals surface area contributed by atoms with Crippen molar-refractivity contribution < 1.29 is 19.5 Å². The van der Waals surface area contributed by atoms with Gasteiger partial charge in [0.1, 0.15) is 12.7 Å². The van der Waals surface area contributed by atoms with E-state index in [2.05, 4.69) is 0 Å². The van der Waals surface area contributed by atoms with E-state index in [9.17, 15) is 15.2 Å². The maximum absolute atomic E-state index is 11.2. The smallest absolute Gasteiger partial charge is 0.275 e. The molecule has 0 aliphatic rings. The molecule has 0 aliphatic carbocycles. The highest BCUT2D eigenvalue weighted by Crippen LogP contribution is 2.35. The lowest BCUT2D eigenvalue weighted by Gasteiger charge is -2.16. The molecule has 6 nitrogen and oxygen atoms in total. The van der Waals surface area contributed by atoms with Crippen LogP contribution in [0.3, 0.4) is 0 Å². The van der Waals surface area contributed by atoms with Crippen molar-refractivity contribution >= 4 is 5.69 Å². The van der Waals surface area contributed by atoms with Crippen LogP contribution in [-0.4, -0.2) is 17.1 Å². The molecule has 1 N–H and O–H groups in total. The number of benzene rings is 3. The fraction of sp³-hybridized carbons (Fsp3) is 0.143. The fourth-order valence-electron chi connectivity index (χ4n) is 2.77. The van der Waals surface area contributed by atoms with Crippen LogP contribution in [0.15, 0.2) is 72.8 Å². The minimum absolute atomic E-state index is 0.131. The number of aliphatic hydroxyl groups excluding tert-OH is 1. The minimum atomic E-state index is -1.15. The van der Waals surface area contributed by atoms with Gasteiger partial charge in [0.25, 0.3) is 5.69 Å². The van der Waals surface area contributed by atoms with E-state index in [4.69, 9.17) is 9.47 Å². The van der Waals surface area contributed by atoms with E-state index in [0.717, 1.165) is 5.56 Å². The van der Waals surface area contributed by atoms with Gasteiger partial charge in [0.05, 0.1) is 17.6 Å². The molecule has 1 atom stereocenters. The van der Waals surface area contributed by atoms with E-state index in [1.165, 1.54) is 19.2 Å². The predicted octanol–water partition coefficient (Wildman–Crippen LogP) is 4.26. The monoisotopic (exact) mass is 365 g/mol. The summed E-state index contributed by atoms with van der Waals surface area (Å²) in [4.78, 5) is 10.7. The third-order valence-electron chi connectivity index (χ3n) is 4.17. The van der Waals surface area contributed by atoms with Crippen LogP contribution in [0.5, 0.6) is 11.5 Å². The molecular weight excluding hydrogens is 346 g/mol. The van der Waals surface area contributed by atoms with E-state index < -0.39 is 11.0 Å². The van der Waals surface area contributed by atoms with Crippen LogP contribution in [0.4, 0.5) is 5.69 Å². The first kappa shape index (κ1) is 18.4. The van der Waals surface area contributed by atoms with Gasteiger partial charge in [-0.1, -0.05) is 48.5 Å². The summed E-state index contributed by atoms with van der Waals surface area (Å²) in [6.45, 7) is 0.378. The third kappa shape index (κ3) is 4.24. The van der Waals surface area contributed by atoms with Gasteiger partial charge in [0.15, 0.2) is 11.5 Å². The molecule has 138 valence electrons. The van der Waals surface area contributed by atoms with Crippen molar-refractivity contribution in [2.75, 3.05) is 7.11 Å². The Labute approximate surface area is 156 Å². The first-order valence-electron chi connectivity index (χ1n) is 8.36. The SMILES string of the molecule is COc1cc(C(O)c2ccccc2[N+](=O)[O-])ccc1OCc1ccccc1. The van der Waals surface area contributed by atoms with Gasteiger partial charge in [-0.3, -0.25) is 10.1 Å². The Balaban J connectivity index is 1.84. The molecule has 3 aromatic carbocycles. The van der Waals surface area contributed by atoms with Crippen molar-refractivity contribution in [1.29, 1.82) is 0 Å². The number of aliphatic hydroxyl groups is 1. The highest BCUT2D eigenvalue weighted by atomic mass is 16.6. The lowest BCUT2D eigenvalue weighted by molar-refractivity contribution is -0.386. The molecule has 0 aromatic heterocycles. The first-order chi connectivity index (χ1) is 13.1. The number of methoxy groups -OCH3 is 1. The van der Waals surface area contributed by atoms with Gasteiger partial charge in [0.2, 0.25) is 0 Å². The Morgan fingerprint density at radius 2 is 1.70 bits per heavy atom. The zero-order valence-electron chi connectivity index (χ0n) is 14.7. The third-order valence-corrected chi connectivity index (χ3v) is 4.17. The van der Waals surface area contributed by atoms with Gasteiger partial charge >= 0.3 is 0 Å². The van der Waals surface area contributed by atoms with E-state index in [1.54, 1.807) is 30.3 Å². The maximum atomic E-state index is 11.2. The van der Waals surface area contributed by atoms with E-state index in [1.807, 2.05) is 30.3 Å². The summed E-state index contributed by atoms with van der Waals surface area (Å²) < 4.78 is 11.2. The lowest BCUT2D eigenvalue weighted by Crippen LogP contribution is -2.05. The second-order valence-electron chi connectivity index (χ2n) is 5.90. The topological polar surface area (TPSA) is 81.8 Å². The van der Waals surface area contributed by atoms with Gasteiger partial charge in [-0.25, -0.2) is 0 Å². The Bertz CT molecular complexity index is 927. The molecule has 6 heteroatoms. The lowest BCUT2D eigenvalue weighted by atomic mass is 9.99. The zero-order chi connectivity index (χ0) is 19.2. The maximum Gasteiger partial charge on any atom is 0.275 e. The Hall–Kier alpha value is -3.38. The number of rotatable bonds is 7. The number of nitro benzene ring substituents is 1. The molecule has 0 fully saturated rings. The number of hydrogen-bond acceptors (Lipinski definition) is 5. The summed E-state index contributed by atoms with van der Waals surface area (Å²) in [6, 6.07) is 20.8. The molecule has 0 heterocycles. The Morgan fingerprint density at radius 3 is 2.41 bits per heavy atom. The summed E-state index contributed by atoms with van der Waals surface area (Å²) in [6.07, 6.45) is -1.15. The second-order valence-corrected chi connectivity index (χ2v) is 5.90. The number of nitro groups is 1. The van der Waals surface area contributed by atoms with Crippen LogP contribution in [0.25, 0.3) is 0 Å². The second kappa shape index (κ2) is 8.33. The molecule has 0 saturated carbocycles. The molecular formula is C21H19NO5. The van der Waals surface area contributed by atoms with Crippen molar-refractivity contribution in [1.82, 2.24) is 0 Å². The average Bonchev–Trinajstić information content (AvgIpc) is 2.72. The number of ether oxygens (including phenoxy) is 2. The summed E-state index contributed by atoms with van der Waals surface area (Å²) in [7, 11) is 1.51. The normalized spacial score (nSPS) is 11.6. The van der Waals surface area contributed by atoms with Gasteiger partial charge in [0, 0.05) is 6.07 Å². The van der Waals surface area contributed by atoms with Gasteiger partial charge < -0.3 is 14.6 Å². The van der Waals surface area contributed by atoms with Crippen molar-refractivity contribution in [2.24, 2.45) is 0 Å². The summed E-state index contributed by atoms with van der Waals surface area (Å²) >= 11 is 0. The van der Waals surface area contributed by atoms with Crippen LogP contribution in [0.2, 0.25) is 0 Å². The summed E-state index contributed by atoms with van der Waals surface area (Å²) in [5.41, 5.74) is 1.59. The molecule has 1 unspecified atom stereocenters. The summed E-state index contributed by atoms with van der Waals surface area (Å²) in [5, 5.41) is 21.8. The molecule has 3 aromatic rings. The molecule has 0 aliphatic heterocycles. The standard InChI is InChI=1S/C21H19NO5/c1-26-20-13-16(21(23)17-9-5-6-10-18(17)22(24)25)11-12-19(20)27-14-15-7-3-2-4-8-15/h2-13,21,23H,14H2,1H3. The number of para-hydroxylation sites is 1. The van der Waals surface area contributed by atoms with E-state index >= 15 is 0 Å². The molecule has 0 amide bonds. The van der Waals surface area contributed by atoms with Crippen molar-refractivity contribution in [3.05, 3.63) is 99.6 Å². The molecule has 0 bridgehead atoms. The van der Waals surface area contributed by atoms with Crippen LogP contribution < -0.4 is 9.47 Å². The highest BCUT2D eigenvalue weighted by Gasteiger charge is 2.22. The quantitative estimate of drug-likeness (QED) is 0.500. The predicted molar refractivity (Wildman–Crippen MR) is 101 cm³/mol. The number of nitrogens with zero attached hydrogens (tertiary/aromatic N) is 1. The Morgan fingerprint density at radius 1 is 1.00 bits per heavy atom. The van der Waals surface area contributed by atoms with Gasteiger partial charge in [-0.2, -0.15) is 0 Å². The number of hydrogen-bond donors (Lipinski definition) is 1. The molecule has 0 radical (unpaired) electrons. The van der Waals surface area contributed by atoms with Gasteiger partial charge in [-0.15, -0.1) is 0 Å². The Kier molecular flexibility index (Phi) is 5.68. The molecule has 27 heavy (non-hydrogen) atoms. The van der Waals surface area contributed by atoms with Crippen LogP contribution in [-0.2, 0) is 6.61 Å². The molecule has 0 saturated heterocycles. The van der Waals surface area contributed by atoms with Crippen molar-refractivity contribution in [2.45, 2.75) is 12.7 Å². The highest BCUT2D eigenvalue weighted by molar-refractivity contribution is 5.49. The van der Waals surface area contributed by atoms with E-state index in [0.29, 0.717) is 23.7 Å². The fourth-order valence-corrected chi connectivity index (χ4v) is 2.77. The average molecular weight is 365 g/mol. The first-order valence-corrected chi connectivity index (χ1v) is 8.36. The van der Waals surface area contributed by atoms with Crippen LogP contribution in [0, 0.1) is 10.1 Å². The molecule has 0 spiro atoms. The molecule has 3 rings (SSSR count). The van der Waals surface area contributed by atoms with E-state index in [-0.39, 0.29) is 11.3 Å². The summed E-state index contributed by atoms with van der Waals surface area (Å²) in [5.74, 6) is 0.973.